The number of allylic oxidation sites excluding steroid dienone is 1. The summed E-state index contributed by atoms with van der Waals surface area (Å²) in [6.45, 7) is 4.50. The van der Waals surface area contributed by atoms with Crippen LogP contribution in [0, 0.1) is 0 Å². The third kappa shape index (κ3) is 6.00. The van der Waals surface area contributed by atoms with Gasteiger partial charge in [-0.1, -0.05) is 53.2 Å². The van der Waals surface area contributed by atoms with Crippen molar-refractivity contribution in [1.82, 2.24) is 14.8 Å². The number of amides is 1. The Morgan fingerprint density at radius 2 is 1.93 bits per heavy atom. The third-order valence-electron chi connectivity index (χ3n) is 3.77. The molecule has 3 rings (SSSR count). The van der Waals surface area contributed by atoms with Gasteiger partial charge in [-0.2, -0.15) is 0 Å². The van der Waals surface area contributed by atoms with Gasteiger partial charge in [0.15, 0.2) is 11.0 Å². The Balaban J connectivity index is 1.61. The van der Waals surface area contributed by atoms with Gasteiger partial charge in [0.05, 0.1) is 16.5 Å². The molecule has 0 radical (unpaired) electrons. The number of nitrogens with zero attached hydrogens (tertiary/aromatic N) is 3. The molecule has 1 aromatic heterocycles. The fraction of sp³-hybridized carbons (Fsp3) is 0.150. The molecule has 0 aliphatic heterocycles. The molecule has 0 spiro atoms. The first-order valence-corrected chi connectivity index (χ1v) is 10.4. The monoisotopic (exact) mass is 448 g/mol. The minimum atomic E-state index is -0.185. The van der Waals surface area contributed by atoms with Crippen molar-refractivity contribution in [1.29, 1.82) is 0 Å². The molecule has 0 bridgehead atoms. The van der Waals surface area contributed by atoms with Crippen LogP contribution in [0.1, 0.15) is 5.82 Å². The predicted octanol–water partition coefficient (Wildman–Crippen LogP) is 5.08. The predicted molar refractivity (Wildman–Crippen MR) is 117 cm³/mol. The van der Waals surface area contributed by atoms with E-state index in [4.69, 9.17) is 27.9 Å². The van der Waals surface area contributed by atoms with Gasteiger partial charge in [-0.25, -0.2) is 0 Å². The first-order valence-electron chi connectivity index (χ1n) is 8.65. The van der Waals surface area contributed by atoms with Gasteiger partial charge in [0.25, 0.3) is 0 Å². The Labute approximate surface area is 182 Å². The van der Waals surface area contributed by atoms with Crippen molar-refractivity contribution in [3.8, 4) is 5.75 Å². The van der Waals surface area contributed by atoms with E-state index in [0.717, 1.165) is 0 Å². The Hall–Kier alpha value is -2.48. The summed E-state index contributed by atoms with van der Waals surface area (Å²) in [6, 6.07) is 14.2. The number of carbonyl (C=O) groups excluding carboxylic acids is 1. The maximum Gasteiger partial charge on any atom is 0.234 e. The van der Waals surface area contributed by atoms with Crippen molar-refractivity contribution >= 4 is 46.6 Å². The van der Waals surface area contributed by atoms with E-state index in [0.29, 0.717) is 39.0 Å². The number of benzene rings is 2. The number of carbonyl (C=O) groups is 1. The number of thioether (sulfide) groups is 1. The zero-order valence-corrected chi connectivity index (χ0v) is 17.7. The summed E-state index contributed by atoms with van der Waals surface area (Å²) in [5, 5.41) is 12.9. The molecule has 0 aliphatic rings. The van der Waals surface area contributed by atoms with Crippen LogP contribution in [0.2, 0.25) is 10.0 Å². The first-order chi connectivity index (χ1) is 14.1. The van der Waals surface area contributed by atoms with E-state index >= 15 is 0 Å². The zero-order chi connectivity index (χ0) is 20.6. The summed E-state index contributed by atoms with van der Waals surface area (Å²) in [7, 11) is 0. The van der Waals surface area contributed by atoms with Gasteiger partial charge < -0.3 is 10.1 Å². The van der Waals surface area contributed by atoms with E-state index in [-0.39, 0.29) is 18.3 Å². The summed E-state index contributed by atoms with van der Waals surface area (Å²) < 4.78 is 7.60. The standard InChI is InChI=1S/C20H18Cl2N4O2S/c1-2-11-26-18(12-28-15-9-7-14(21)8-10-15)24-25-20(26)29-13-19(27)23-17-6-4-3-5-16(17)22/h2-10H,1,11-13H2,(H,23,27). The Morgan fingerprint density at radius 3 is 2.66 bits per heavy atom. The molecule has 3 aromatic rings. The SMILES string of the molecule is C=CCn1c(COc2ccc(Cl)cc2)nnc1SCC(=O)Nc1ccccc1Cl. The number of aromatic nitrogens is 3. The number of hydrogen-bond acceptors (Lipinski definition) is 5. The van der Waals surface area contributed by atoms with Crippen molar-refractivity contribution in [2.24, 2.45) is 0 Å². The smallest absolute Gasteiger partial charge is 0.234 e. The molecule has 0 unspecified atom stereocenters. The molecule has 9 heteroatoms. The zero-order valence-electron chi connectivity index (χ0n) is 15.3. The van der Waals surface area contributed by atoms with Crippen LogP contribution < -0.4 is 10.1 Å². The van der Waals surface area contributed by atoms with Crippen molar-refractivity contribution in [3.63, 3.8) is 0 Å². The number of para-hydroxylation sites is 1. The van der Waals surface area contributed by atoms with Gasteiger partial charge in [-0.3, -0.25) is 9.36 Å². The minimum absolute atomic E-state index is 0.165. The van der Waals surface area contributed by atoms with Gasteiger partial charge in [-0.15, -0.1) is 16.8 Å². The highest BCUT2D eigenvalue weighted by Gasteiger charge is 2.14. The van der Waals surface area contributed by atoms with Crippen molar-refractivity contribution in [3.05, 3.63) is 77.1 Å². The Kier molecular flexibility index (Phi) is 7.57. The summed E-state index contributed by atoms with van der Waals surface area (Å²) in [5.74, 6) is 1.29. The summed E-state index contributed by atoms with van der Waals surface area (Å²) >= 11 is 13.2. The fourth-order valence-corrected chi connectivity index (χ4v) is 3.48. The molecule has 29 heavy (non-hydrogen) atoms. The van der Waals surface area contributed by atoms with Gasteiger partial charge in [0, 0.05) is 11.6 Å². The van der Waals surface area contributed by atoms with Gasteiger partial charge in [-0.05, 0) is 36.4 Å². The highest BCUT2D eigenvalue weighted by molar-refractivity contribution is 7.99. The highest BCUT2D eigenvalue weighted by atomic mass is 35.5. The second-order valence-electron chi connectivity index (χ2n) is 5.86. The quantitative estimate of drug-likeness (QED) is 0.365. The molecule has 1 heterocycles. The second-order valence-corrected chi connectivity index (χ2v) is 7.64. The number of nitrogens with one attached hydrogen (secondary N) is 1. The van der Waals surface area contributed by atoms with Crippen LogP contribution in [0.4, 0.5) is 5.69 Å². The van der Waals surface area contributed by atoms with Crippen LogP contribution in [0.5, 0.6) is 5.75 Å². The Morgan fingerprint density at radius 1 is 1.17 bits per heavy atom. The maximum absolute atomic E-state index is 12.2. The van der Waals surface area contributed by atoms with Crippen molar-refractivity contribution in [2.45, 2.75) is 18.3 Å². The number of hydrogen-bond donors (Lipinski definition) is 1. The molecule has 0 aliphatic carbocycles. The lowest BCUT2D eigenvalue weighted by Gasteiger charge is -2.10. The first kappa shape index (κ1) is 21.2. The lowest BCUT2D eigenvalue weighted by Crippen LogP contribution is -2.15. The number of anilines is 1. The van der Waals surface area contributed by atoms with Crippen LogP contribution >= 0.6 is 35.0 Å². The van der Waals surface area contributed by atoms with Crippen LogP contribution in [0.15, 0.2) is 66.3 Å². The normalized spacial score (nSPS) is 10.6. The Bertz CT molecular complexity index is 992. The van der Waals surface area contributed by atoms with E-state index in [9.17, 15) is 4.79 Å². The van der Waals surface area contributed by atoms with E-state index < -0.39 is 0 Å². The fourth-order valence-electron chi connectivity index (χ4n) is 2.40. The second kappa shape index (κ2) is 10.3. The topological polar surface area (TPSA) is 69.0 Å². The summed E-state index contributed by atoms with van der Waals surface area (Å²) in [4.78, 5) is 12.2. The summed E-state index contributed by atoms with van der Waals surface area (Å²) in [5.41, 5.74) is 0.573. The van der Waals surface area contributed by atoms with Crippen LogP contribution in [0.3, 0.4) is 0 Å². The number of ether oxygens (including phenoxy) is 1. The van der Waals surface area contributed by atoms with E-state index in [1.807, 2.05) is 10.6 Å². The molecule has 0 saturated carbocycles. The summed E-state index contributed by atoms with van der Waals surface area (Å²) in [6.07, 6.45) is 1.74. The molecular formula is C20H18Cl2N4O2S. The molecule has 0 saturated heterocycles. The molecule has 150 valence electrons. The molecule has 6 nitrogen and oxygen atoms in total. The molecule has 0 fully saturated rings. The van der Waals surface area contributed by atoms with E-state index in [1.54, 1.807) is 48.5 Å². The molecular weight excluding hydrogens is 431 g/mol. The molecule has 1 amide bonds. The minimum Gasteiger partial charge on any atom is -0.486 e. The largest absolute Gasteiger partial charge is 0.486 e. The van der Waals surface area contributed by atoms with Gasteiger partial charge in [0.2, 0.25) is 5.91 Å². The van der Waals surface area contributed by atoms with E-state index in [2.05, 4.69) is 22.1 Å². The lowest BCUT2D eigenvalue weighted by molar-refractivity contribution is -0.113. The third-order valence-corrected chi connectivity index (χ3v) is 5.32. The maximum atomic E-state index is 12.2. The average Bonchev–Trinajstić information content (AvgIpc) is 3.10. The van der Waals surface area contributed by atoms with Crippen molar-refractivity contribution in [2.75, 3.05) is 11.1 Å². The number of rotatable bonds is 9. The van der Waals surface area contributed by atoms with Gasteiger partial charge in [0.1, 0.15) is 12.4 Å². The van der Waals surface area contributed by atoms with Crippen LogP contribution in [-0.2, 0) is 17.9 Å². The van der Waals surface area contributed by atoms with Crippen LogP contribution in [0.25, 0.3) is 0 Å². The lowest BCUT2D eigenvalue weighted by atomic mass is 10.3. The van der Waals surface area contributed by atoms with Gasteiger partial charge >= 0.3 is 0 Å². The molecule has 0 atom stereocenters. The molecule has 1 N–H and O–H groups in total. The average molecular weight is 449 g/mol. The molecule has 2 aromatic carbocycles. The van der Waals surface area contributed by atoms with Crippen molar-refractivity contribution < 1.29 is 9.53 Å². The van der Waals surface area contributed by atoms with E-state index in [1.165, 1.54) is 11.8 Å². The highest BCUT2D eigenvalue weighted by Crippen LogP contribution is 2.23. The van der Waals surface area contributed by atoms with Crippen LogP contribution in [-0.4, -0.2) is 26.4 Å². The number of halogens is 2.